The third-order valence-corrected chi connectivity index (χ3v) is 4.07. The van der Waals surface area contributed by atoms with Crippen molar-refractivity contribution in [2.45, 2.75) is 52.0 Å². The third-order valence-electron chi connectivity index (χ3n) is 4.07. The lowest BCUT2D eigenvalue weighted by Crippen LogP contribution is -2.20. The van der Waals surface area contributed by atoms with E-state index < -0.39 is 5.97 Å². The largest absolute Gasteiger partial charge is 0.464 e. The van der Waals surface area contributed by atoms with Gasteiger partial charge in [0.05, 0.1) is 7.11 Å². The van der Waals surface area contributed by atoms with Crippen molar-refractivity contribution in [1.82, 2.24) is 9.55 Å². The van der Waals surface area contributed by atoms with Gasteiger partial charge >= 0.3 is 5.97 Å². The van der Waals surface area contributed by atoms with Gasteiger partial charge in [-0.25, -0.2) is 9.78 Å². The Kier molecular flexibility index (Phi) is 4.12. The number of nitrogen functional groups attached to an aromatic ring is 1. The van der Waals surface area contributed by atoms with Gasteiger partial charge in [-0.3, -0.25) is 0 Å². The zero-order chi connectivity index (χ0) is 14.0. The third kappa shape index (κ3) is 2.60. The Labute approximate surface area is 114 Å². The van der Waals surface area contributed by atoms with Crippen LogP contribution in [-0.2, 0) is 11.2 Å². The van der Waals surface area contributed by atoms with Crippen molar-refractivity contribution < 1.29 is 9.53 Å². The highest BCUT2D eigenvalue weighted by molar-refractivity contribution is 5.92. The van der Waals surface area contributed by atoms with Crippen molar-refractivity contribution in [3.8, 4) is 0 Å². The number of hydrogen-bond donors (Lipinski definition) is 1. The maximum absolute atomic E-state index is 11.7. The van der Waals surface area contributed by atoms with Crippen molar-refractivity contribution in [3.05, 3.63) is 11.5 Å². The van der Waals surface area contributed by atoms with Gasteiger partial charge < -0.3 is 15.0 Å². The van der Waals surface area contributed by atoms with Crippen LogP contribution in [0.4, 0.5) is 5.82 Å². The first-order chi connectivity index (χ1) is 9.08. The lowest BCUT2D eigenvalue weighted by Gasteiger charge is -2.29. The monoisotopic (exact) mass is 265 g/mol. The summed E-state index contributed by atoms with van der Waals surface area (Å²) >= 11 is 0. The van der Waals surface area contributed by atoms with Crippen LogP contribution in [0, 0.1) is 5.92 Å². The average Bonchev–Trinajstić information content (AvgIpc) is 2.76. The van der Waals surface area contributed by atoms with Crippen molar-refractivity contribution in [2.24, 2.45) is 5.92 Å². The number of esters is 1. The summed E-state index contributed by atoms with van der Waals surface area (Å²) in [5.41, 5.74) is 6.38. The number of anilines is 1. The highest BCUT2D eigenvalue weighted by Crippen LogP contribution is 2.35. The summed E-state index contributed by atoms with van der Waals surface area (Å²) in [6.07, 6.45) is 5.40. The Morgan fingerprint density at radius 1 is 1.42 bits per heavy atom. The van der Waals surface area contributed by atoms with Gasteiger partial charge in [0.15, 0.2) is 5.69 Å². The fourth-order valence-electron chi connectivity index (χ4n) is 2.90. The molecule has 0 atom stereocenters. The highest BCUT2D eigenvalue weighted by Gasteiger charge is 2.27. The molecule has 0 aromatic carbocycles. The SMILES string of the molecule is CCc1nc(C(=O)OC)c(N)n1C1CCC(C)CC1. The van der Waals surface area contributed by atoms with E-state index in [1.54, 1.807) is 0 Å². The van der Waals surface area contributed by atoms with Crippen molar-refractivity contribution in [1.29, 1.82) is 0 Å². The van der Waals surface area contributed by atoms with Crippen LogP contribution in [0.3, 0.4) is 0 Å². The molecule has 1 aromatic heterocycles. The van der Waals surface area contributed by atoms with Gasteiger partial charge in [-0.15, -0.1) is 0 Å². The molecule has 0 radical (unpaired) electrons. The maximum atomic E-state index is 11.7. The van der Waals surface area contributed by atoms with Crippen LogP contribution in [0.5, 0.6) is 0 Å². The molecule has 0 saturated heterocycles. The van der Waals surface area contributed by atoms with Gasteiger partial charge in [0.1, 0.15) is 11.6 Å². The fraction of sp³-hybridized carbons (Fsp3) is 0.714. The summed E-state index contributed by atoms with van der Waals surface area (Å²) in [6.45, 7) is 4.32. The number of ether oxygens (including phenoxy) is 1. The van der Waals surface area contributed by atoms with Crippen molar-refractivity contribution >= 4 is 11.8 Å². The molecule has 0 aliphatic heterocycles. The second-order valence-electron chi connectivity index (χ2n) is 5.39. The Balaban J connectivity index is 2.33. The summed E-state index contributed by atoms with van der Waals surface area (Å²) in [4.78, 5) is 16.0. The number of carbonyl (C=O) groups is 1. The van der Waals surface area contributed by atoms with Gasteiger partial charge in [-0.05, 0) is 31.6 Å². The molecule has 2 rings (SSSR count). The van der Waals surface area contributed by atoms with E-state index in [4.69, 9.17) is 10.5 Å². The molecule has 1 aliphatic rings. The average molecular weight is 265 g/mol. The van der Waals surface area contributed by atoms with E-state index >= 15 is 0 Å². The van der Waals surface area contributed by atoms with Gasteiger partial charge in [0.2, 0.25) is 0 Å². The van der Waals surface area contributed by atoms with Gasteiger partial charge in [-0.2, -0.15) is 0 Å². The zero-order valence-corrected chi connectivity index (χ0v) is 12.0. The number of hydrogen-bond acceptors (Lipinski definition) is 4. The molecule has 1 aliphatic carbocycles. The zero-order valence-electron chi connectivity index (χ0n) is 12.0. The molecule has 2 N–H and O–H groups in total. The van der Waals surface area contributed by atoms with E-state index in [9.17, 15) is 4.79 Å². The normalized spacial score (nSPS) is 23.3. The molecular weight excluding hydrogens is 242 g/mol. The lowest BCUT2D eigenvalue weighted by molar-refractivity contribution is 0.0595. The number of aromatic nitrogens is 2. The minimum absolute atomic E-state index is 0.262. The predicted molar refractivity (Wildman–Crippen MR) is 74.0 cm³/mol. The van der Waals surface area contributed by atoms with E-state index in [2.05, 4.69) is 16.5 Å². The molecule has 0 amide bonds. The second kappa shape index (κ2) is 5.63. The molecular formula is C14H23N3O2. The van der Waals surface area contributed by atoms with Gasteiger partial charge in [-0.1, -0.05) is 13.8 Å². The van der Waals surface area contributed by atoms with Crippen LogP contribution in [0.25, 0.3) is 0 Å². The number of nitrogens with zero attached hydrogens (tertiary/aromatic N) is 2. The standard InChI is InChI=1S/C14H23N3O2/c1-4-11-16-12(14(18)19-3)13(15)17(11)10-7-5-9(2)6-8-10/h9-10H,4-8,15H2,1-3H3. The van der Waals surface area contributed by atoms with Crippen LogP contribution in [-0.4, -0.2) is 22.6 Å². The van der Waals surface area contributed by atoms with E-state index in [1.165, 1.54) is 20.0 Å². The molecule has 5 nitrogen and oxygen atoms in total. The molecule has 0 spiro atoms. The molecule has 1 heterocycles. The number of nitrogens with two attached hydrogens (primary N) is 1. The second-order valence-corrected chi connectivity index (χ2v) is 5.39. The number of rotatable bonds is 3. The summed E-state index contributed by atoms with van der Waals surface area (Å²) in [7, 11) is 1.36. The minimum Gasteiger partial charge on any atom is -0.464 e. The van der Waals surface area contributed by atoms with Crippen LogP contribution in [0.1, 0.15) is 61.9 Å². The first-order valence-corrected chi connectivity index (χ1v) is 7.03. The van der Waals surface area contributed by atoms with E-state index in [0.29, 0.717) is 11.9 Å². The maximum Gasteiger partial charge on any atom is 0.360 e. The van der Waals surface area contributed by atoms with Gasteiger partial charge in [0.25, 0.3) is 0 Å². The molecule has 5 heteroatoms. The Bertz CT molecular complexity index is 460. The Morgan fingerprint density at radius 3 is 2.58 bits per heavy atom. The summed E-state index contributed by atoms with van der Waals surface area (Å²) in [5.74, 6) is 1.68. The Hall–Kier alpha value is -1.52. The topological polar surface area (TPSA) is 70.1 Å². The van der Waals surface area contributed by atoms with Gasteiger partial charge in [0, 0.05) is 12.5 Å². The number of methoxy groups -OCH3 is 1. The quantitative estimate of drug-likeness (QED) is 0.853. The molecule has 0 bridgehead atoms. The number of carbonyl (C=O) groups excluding carboxylic acids is 1. The summed E-state index contributed by atoms with van der Waals surface area (Å²) in [6, 6.07) is 0.372. The molecule has 106 valence electrons. The fourth-order valence-corrected chi connectivity index (χ4v) is 2.90. The highest BCUT2D eigenvalue weighted by atomic mass is 16.5. The van der Waals surface area contributed by atoms with Crippen LogP contribution in [0.2, 0.25) is 0 Å². The van der Waals surface area contributed by atoms with Crippen LogP contribution >= 0.6 is 0 Å². The Morgan fingerprint density at radius 2 is 2.05 bits per heavy atom. The first kappa shape index (κ1) is 13.9. The molecule has 1 saturated carbocycles. The number of aryl methyl sites for hydroxylation is 1. The van der Waals surface area contributed by atoms with E-state index in [0.717, 1.165) is 31.0 Å². The van der Waals surface area contributed by atoms with Crippen molar-refractivity contribution in [3.63, 3.8) is 0 Å². The first-order valence-electron chi connectivity index (χ1n) is 7.03. The minimum atomic E-state index is -0.449. The number of imidazole rings is 1. The summed E-state index contributed by atoms with van der Waals surface area (Å²) in [5, 5.41) is 0. The molecule has 1 aromatic rings. The molecule has 0 unspecified atom stereocenters. The van der Waals surface area contributed by atoms with Crippen LogP contribution in [0.15, 0.2) is 0 Å². The smallest absolute Gasteiger partial charge is 0.360 e. The molecule has 1 fully saturated rings. The lowest BCUT2D eigenvalue weighted by atomic mass is 9.87. The van der Waals surface area contributed by atoms with E-state index in [-0.39, 0.29) is 5.69 Å². The van der Waals surface area contributed by atoms with E-state index in [1.807, 2.05) is 6.92 Å². The summed E-state index contributed by atoms with van der Waals surface area (Å²) < 4.78 is 6.79. The molecule has 19 heavy (non-hydrogen) atoms. The predicted octanol–water partition coefficient (Wildman–Crippen LogP) is 2.57. The van der Waals surface area contributed by atoms with Crippen LogP contribution < -0.4 is 5.73 Å². The van der Waals surface area contributed by atoms with Crippen molar-refractivity contribution in [2.75, 3.05) is 12.8 Å².